The minimum absolute atomic E-state index is 0.392. The van der Waals surface area contributed by atoms with Crippen molar-refractivity contribution in [3.8, 4) is 0 Å². The summed E-state index contributed by atoms with van der Waals surface area (Å²) < 4.78 is 27.5. The number of hydrogen-bond donors (Lipinski definition) is 0. The van der Waals surface area contributed by atoms with Crippen LogP contribution < -0.4 is 0 Å². The van der Waals surface area contributed by atoms with Gasteiger partial charge in [-0.15, -0.1) is 0 Å². The van der Waals surface area contributed by atoms with Gasteiger partial charge in [0.1, 0.15) is 24.7 Å². The van der Waals surface area contributed by atoms with Crippen LogP contribution in [0.25, 0.3) is 0 Å². The summed E-state index contributed by atoms with van der Waals surface area (Å²) in [6.45, 7) is 8.87. The Balaban J connectivity index is 1.77. The highest BCUT2D eigenvalue weighted by atomic mass is 16.8. The van der Waals surface area contributed by atoms with Gasteiger partial charge in [-0.05, 0) is 0 Å². The molecular formula is C11H14O5. The van der Waals surface area contributed by atoms with Crippen molar-refractivity contribution in [1.29, 1.82) is 0 Å². The molecular weight excluding hydrogens is 212 g/mol. The number of rotatable bonds is 2. The summed E-state index contributed by atoms with van der Waals surface area (Å²) in [6, 6.07) is 0. The molecule has 3 aliphatic rings. The fourth-order valence-corrected chi connectivity index (χ4v) is 2.08. The van der Waals surface area contributed by atoms with Crippen molar-refractivity contribution < 1.29 is 23.7 Å². The highest BCUT2D eigenvalue weighted by Gasteiger charge is 2.59. The van der Waals surface area contributed by atoms with Crippen LogP contribution in [0.5, 0.6) is 0 Å². The first-order chi connectivity index (χ1) is 7.71. The molecule has 3 rings (SSSR count). The molecule has 0 N–H and O–H groups in total. The molecule has 0 aromatic rings. The topological polar surface area (TPSA) is 46.2 Å². The lowest BCUT2D eigenvalue weighted by molar-refractivity contribution is -0.331. The van der Waals surface area contributed by atoms with Crippen LogP contribution >= 0.6 is 0 Å². The van der Waals surface area contributed by atoms with Crippen molar-refractivity contribution in [1.82, 2.24) is 0 Å². The molecule has 0 aliphatic carbocycles. The van der Waals surface area contributed by atoms with Gasteiger partial charge < -0.3 is 23.7 Å². The minimum atomic E-state index is -0.668. The van der Waals surface area contributed by atoms with E-state index in [1.54, 1.807) is 0 Å². The highest BCUT2D eigenvalue weighted by molar-refractivity contribution is 5.04. The Labute approximate surface area is 93.6 Å². The molecule has 0 spiro atoms. The van der Waals surface area contributed by atoms with E-state index in [-0.39, 0.29) is 0 Å². The van der Waals surface area contributed by atoms with Gasteiger partial charge in [-0.3, -0.25) is 0 Å². The standard InChI is InChI=1S/C11H14O5/c1-7-5-12-9(15-7)11(3-4-14-11)10-13-6-8(2)16-10/h9-10H,1-6H2. The Kier molecular flexibility index (Phi) is 2.20. The van der Waals surface area contributed by atoms with Gasteiger partial charge in [0.05, 0.1) is 6.61 Å². The van der Waals surface area contributed by atoms with Crippen molar-refractivity contribution in [2.24, 2.45) is 0 Å². The highest BCUT2D eigenvalue weighted by Crippen LogP contribution is 2.42. The lowest BCUT2D eigenvalue weighted by Gasteiger charge is -2.45. The molecule has 2 unspecified atom stereocenters. The smallest absolute Gasteiger partial charge is 0.235 e. The Morgan fingerprint density at radius 3 is 1.75 bits per heavy atom. The quantitative estimate of drug-likeness (QED) is 0.700. The van der Waals surface area contributed by atoms with Crippen LogP contribution in [0.4, 0.5) is 0 Å². The molecule has 3 heterocycles. The van der Waals surface area contributed by atoms with E-state index in [9.17, 15) is 0 Å². The van der Waals surface area contributed by atoms with Crippen molar-refractivity contribution in [3.05, 3.63) is 24.7 Å². The third-order valence-corrected chi connectivity index (χ3v) is 3.00. The summed E-state index contributed by atoms with van der Waals surface area (Å²) in [5.41, 5.74) is -0.668. The number of hydrogen-bond acceptors (Lipinski definition) is 5. The second-order valence-electron chi connectivity index (χ2n) is 4.15. The molecule has 0 saturated carbocycles. The molecule has 16 heavy (non-hydrogen) atoms. The predicted molar refractivity (Wildman–Crippen MR) is 53.2 cm³/mol. The molecule has 0 radical (unpaired) electrons. The maximum Gasteiger partial charge on any atom is 0.235 e. The van der Waals surface area contributed by atoms with Gasteiger partial charge >= 0.3 is 0 Å². The zero-order valence-electron chi connectivity index (χ0n) is 8.94. The van der Waals surface area contributed by atoms with Crippen molar-refractivity contribution in [3.63, 3.8) is 0 Å². The predicted octanol–water partition coefficient (Wildman–Crippen LogP) is 0.919. The van der Waals surface area contributed by atoms with Crippen LogP contribution in [-0.4, -0.2) is 38.0 Å². The molecule has 0 aromatic heterocycles. The normalized spacial score (nSPS) is 42.8. The fourth-order valence-electron chi connectivity index (χ4n) is 2.08. The third-order valence-electron chi connectivity index (χ3n) is 3.00. The van der Waals surface area contributed by atoms with E-state index in [2.05, 4.69) is 13.2 Å². The Bertz CT molecular complexity index is 305. The van der Waals surface area contributed by atoms with Crippen LogP contribution in [-0.2, 0) is 23.7 Å². The van der Waals surface area contributed by atoms with Crippen molar-refractivity contribution in [2.45, 2.75) is 24.6 Å². The van der Waals surface area contributed by atoms with E-state index in [0.29, 0.717) is 31.3 Å². The monoisotopic (exact) mass is 226 g/mol. The molecule has 0 amide bonds. The molecule has 0 aromatic carbocycles. The van der Waals surface area contributed by atoms with Gasteiger partial charge in [0.25, 0.3) is 0 Å². The molecule has 3 fully saturated rings. The summed E-state index contributed by atoms with van der Waals surface area (Å²) in [7, 11) is 0. The van der Waals surface area contributed by atoms with E-state index in [1.807, 2.05) is 0 Å². The zero-order valence-corrected chi connectivity index (χ0v) is 8.94. The van der Waals surface area contributed by atoms with Gasteiger partial charge in [-0.2, -0.15) is 0 Å². The van der Waals surface area contributed by atoms with E-state index in [1.165, 1.54) is 0 Å². The first kappa shape index (κ1) is 10.1. The average Bonchev–Trinajstić information content (AvgIpc) is 2.75. The van der Waals surface area contributed by atoms with E-state index in [4.69, 9.17) is 23.7 Å². The second-order valence-corrected chi connectivity index (χ2v) is 4.15. The Morgan fingerprint density at radius 2 is 1.50 bits per heavy atom. The van der Waals surface area contributed by atoms with Crippen molar-refractivity contribution >= 4 is 0 Å². The molecule has 5 heteroatoms. The van der Waals surface area contributed by atoms with Gasteiger partial charge in [0.15, 0.2) is 5.60 Å². The zero-order chi connectivity index (χ0) is 11.2. The van der Waals surface area contributed by atoms with E-state index < -0.39 is 18.2 Å². The molecule has 88 valence electrons. The largest absolute Gasteiger partial charge is 0.464 e. The van der Waals surface area contributed by atoms with Crippen molar-refractivity contribution in [2.75, 3.05) is 19.8 Å². The lowest BCUT2D eigenvalue weighted by Crippen LogP contribution is -2.61. The Hall–Kier alpha value is -1.04. The first-order valence-electron chi connectivity index (χ1n) is 5.27. The summed E-state index contributed by atoms with van der Waals surface area (Å²) >= 11 is 0. The van der Waals surface area contributed by atoms with Crippen LogP contribution in [0.1, 0.15) is 6.42 Å². The molecule has 2 atom stereocenters. The van der Waals surface area contributed by atoms with Gasteiger partial charge in [0.2, 0.25) is 12.6 Å². The maximum atomic E-state index is 5.60. The average molecular weight is 226 g/mol. The van der Waals surface area contributed by atoms with Gasteiger partial charge in [0, 0.05) is 6.42 Å². The first-order valence-corrected chi connectivity index (χ1v) is 5.27. The second kappa shape index (κ2) is 3.48. The minimum Gasteiger partial charge on any atom is -0.464 e. The van der Waals surface area contributed by atoms with Crippen LogP contribution in [0, 0.1) is 0 Å². The third kappa shape index (κ3) is 1.36. The van der Waals surface area contributed by atoms with Crippen LogP contribution in [0.2, 0.25) is 0 Å². The summed E-state index contributed by atoms with van der Waals surface area (Å²) in [5, 5.41) is 0. The lowest BCUT2D eigenvalue weighted by atomic mass is 9.93. The molecule has 3 saturated heterocycles. The molecule has 5 nitrogen and oxygen atoms in total. The Morgan fingerprint density at radius 1 is 1.00 bits per heavy atom. The molecule has 0 bridgehead atoms. The molecule has 3 aliphatic heterocycles. The van der Waals surface area contributed by atoms with Crippen LogP contribution in [0.3, 0.4) is 0 Å². The summed E-state index contributed by atoms with van der Waals surface area (Å²) in [4.78, 5) is 0. The maximum absolute atomic E-state index is 5.60. The van der Waals surface area contributed by atoms with Gasteiger partial charge in [-0.1, -0.05) is 13.2 Å². The number of ether oxygens (including phenoxy) is 5. The summed E-state index contributed by atoms with van der Waals surface area (Å²) in [6.07, 6.45) is -0.211. The van der Waals surface area contributed by atoms with E-state index >= 15 is 0 Å². The van der Waals surface area contributed by atoms with E-state index in [0.717, 1.165) is 6.42 Å². The summed E-state index contributed by atoms with van der Waals surface area (Å²) in [5.74, 6) is 1.22. The van der Waals surface area contributed by atoms with Gasteiger partial charge in [-0.25, -0.2) is 0 Å². The SMILES string of the molecule is C=C1COC(C2(C3OCC(=C)O3)CCO2)O1. The fraction of sp³-hybridized carbons (Fsp3) is 0.636. The van der Waals surface area contributed by atoms with Crippen LogP contribution in [0.15, 0.2) is 24.7 Å².